The second-order valence-electron chi connectivity index (χ2n) is 24.2. The molecule has 6 saturated carbocycles. The van der Waals surface area contributed by atoms with Crippen LogP contribution in [-0.2, 0) is 46.1 Å². The molecular weight excluding hydrogens is 1330 g/mol. The number of hydrogen-bond acceptors (Lipinski definition) is 4. The number of carbonyl (C=O) groups excluding carboxylic acids is 2. The Kier molecular flexibility index (Phi) is 59.5. The van der Waals surface area contributed by atoms with E-state index in [9.17, 15) is 9.59 Å². The third-order valence-corrected chi connectivity index (χ3v) is 30.8. The van der Waals surface area contributed by atoms with E-state index in [2.05, 4.69) is 53.0 Å². The van der Waals surface area contributed by atoms with Gasteiger partial charge in [0, 0.05) is 15.8 Å². The molecule has 2 heterocycles. The van der Waals surface area contributed by atoms with E-state index in [0.29, 0.717) is 23.4 Å². The van der Waals surface area contributed by atoms with Crippen LogP contribution in [0, 0.1) is 14.9 Å². The fraction of sp³-hybridized carbons (Fsp3) is 0.750. The van der Waals surface area contributed by atoms with Crippen LogP contribution in [0.1, 0.15) is 293 Å². The van der Waals surface area contributed by atoms with Gasteiger partial charge in [-0.15, -0.1) is 0 Å². The van der Waals surface area contributed by atoms with Gasteiger partial charge in [-0.2, -0.15) is 0 Å². The summed E-state index contributed by atoms with van der Waals surface area (Å²) in [7, 11) is 22.1. The van der Waals surface area contributed by atoms with Crippen LogP contribution in [0.4, 0.5) is 0 Å². The molecule has 0 N–H and O–H groups in total. The normalized spacial score (nSPS) is 21.0. The minimum atomic E-state index is -1.61. The molecule has 8 fully saturated rings. The number of ether oxygens (including phenoxy) is 2. The molecule has 0 amide bonds. The van der Waals surface area contributed by atoms with Gasteiger partial charge >= 0.3 is 124 Å². The summed E-state index contributed by atoms with van der Waals surface area (Å²) in [6.45, 7) is 25.8. The van der Waals surface area contributed by atoms with E-state index in [4.69, 9.17) is 48.2 Å². The molecule has 0 radical (unpaired) electrons. The predicted molar refractivity (Wildman–Crippen MR) is 383 cm³/mol. The first-order valence-electron chi connectivity index (χ1n) is 33.2. The molecule has 2 atom stereocenters. The van der Waals surface area contributed by atoms with Crippen molar-refractivity contribution in [1.82, 2.24) is 0 Å². The van der Waals surface area contributed by atoms with Crippen molar-refractivity contribution in [2.75, 3.05) is 13.2 Å². The molecule has 0 aromatic heterocycles. The van der Waals surface area contributed by atoms with Gasteiger partial charge < -0.3 is 24.3 Å². The molecular formula is C72H130Cl4O4P2Ru2. The Bertz CT molecular complexity index is 1630. The minimum absolute atomic E-state index is 0. The van der Waals surface area contributed by atoms with Crippen molar-refractivity contribution in [3.63, 3.8) is 0 Å². The van der Waals surface area contributed by atoms with Gasteiger partial charge in [0.25, 0.3) is 0 Å². The molecule has 12 heteroatoms. The van der Waals surface area contributed by atoms with E-state index in [0.717, 1.165) is 25.2 Å². The van der Waals surface area contributed by atoms with E-state index < -0.39 is 27.0 Å². The van der Waals surface area contributed by atoms with Crippen molar-refractivity contribution in [3.05, 3.63) is 87.2 Å². The van der Waals surface area contributed by atoms with Crippen LogP contribution in [0.2, 0.25) is 0 Å². The fourth-order valence-corrected chi connectivity index (χ4v) is 26.4. The average molecular weight is 1470 g/mol. The average Bonchev–Trinajstić information content (AvgIpc) is 4.57. The first kappa shape index (κ1) is 86.8. The molecule has 6 aliphatic carbocycles. The number of epoxide rings is 2. The summed E-state index contributed by atoms with van der Waals surface area (Å²) >= 11 is -3.00. The van der Waals surface area contributed by atoms with Crippen LogP contribution >= 0.6 is 54.6 Å². The molecule has 84 heavy (non-hydrogen) atoms. The van der Waals surface area contributed by atoms with Crippen molar-refractivity contribution in [2.24, 2.45) is 0 Å². The van der Waals surface area contributed by atoms with Crippen LogP contribution in [0.25, 0.3) is 0 Å². The summed E-state index contributed by atoms with van der Waals surface area (Å²) in [6, 6.07) is 9.89. The van der Waals surface area contributed by atoms with E-state index in [1.165, 1.54) is 73.5 Å². The summed E-state index contributed by atoms with van der Waals surface area (Å²) < 4.78 is 13.6. The predicted octanol–water partition coefficient (Wildman–Crippen LogP) is 24.4. The fourth-order valence-electron chi connectivity index (χ4n) is 12.3. The van der Waals surface area contributed by atoms with Gasteiger partial charge in [0.1, 0.15) is 0 Å². The van der Waals surface area contributed by atoms with Crippen molar-refractivity contribution in [1.29, 1.82) is 0 Å². The zero-order chi connectivity index (χ0) is 60.8. The molecule has 1 aromatic carbocycles. The molecule has 2 unspecified atom stereocenters. The summed E-state index contributed by atoms with van der Waals surface area (Å²) in [5, 5.41) is 0. The van der Waals surface area contributed by atoms with E-state index in [1.807, 2.05) is 46.5 Å². The number of ketones is 2. The van der Waals surface area contributed by atoms with Gasteiger partial charge in [-0.05, 0) is 219 Å². The topological polar surface area (TPSA) is 59.2 Å². The van der Waals surface area contributed by atoms with Crippen LogP contribution in [0.3, 0.4) is 0 Å². The Hall–Kier alpha value is 0.707. The Morgan fingerprint density at radius 3 is 0.821 bits per heavy atom. The van der Waals surface area contributed by atoms with Crippen LogP contribution in [0.15, 0.2) is 66.8 Å². The number of benzene rings is 1. The quantitative estimate of drug-likeness (QED) is 0.0465. The molecule has 4 nitrogen and oxygen atoms in total. The van der Waals surface area contributed by atoms with Crippen molar-refractivity contribution < 1.29 is 46.1 Å². The van der Waals surface area contributed by atoms with Gasteiger partial charge in [-0.25, -0.2) is 0 Å². The molecule has 0 spiro atoms. The number of Topliss-reactive ketones (excluding diaryl/α,β-unsaturated/α-hetero) is 2. The SMILES string of the molecule is C1CCC([PH+](C2CCCCC2)C2CCCCC2)CC1.C1CCC([PH+](C2CCCCC2)C2CCCCC2)CC1.C=C(C)C(C)=O.C=C(C)C(C)=O.CC/C=C\CC.CCC1CO1.CCC1CO1.CC[CH]=[Ru]([Cl])[Cl].[CH3-].[CH3-].[Cl][Ru]([Cl])=[CH]c1ccccc1. The summed E-state index contributed by atoms with van der Waals surface area (Å²) in [4.78, 5) is 20.1. The van der Waals surface area contributed by atoms with E-state index in [1.54, 1.807) is 206 Å². The van der Waals surface area contributed by atoms with Crippen molar-refractivity contribution in [2.45, 2.75) is 333 Å². The Labute approximate surface area is 550 Å². The number of carbonyl (C=O) groups is 2. The monoisotopic (exact) mass is 1460 g/mol. The molecule has 2 aliphatic heterocycles. The number of rotatable bonds is 14. The molecule has 8 aliphatic rings. The zero-order valence-corrected chi connectivity index (χ0v) is 64.2. The van der Waals surface area contributed by atoms with E-state index >= 15 is 0 Å². The second kappa shape index (κ2) is 57.6. The summed E-state index contributed by atoms with van der Waals surface area (Å²) in [5.74, 6) is 0.130. The first-order valence-corrected chi connectivity index (χ1v) is 47.6. The maximum atomic E-state index is 10.0. The van der Waals surface area contributed by atoms with Crippen molar-refractivity contribution >= 4 is 75.4 Å². The first-order chi connectivity index (χ1) is 39.5. The third-order valence-electron chi connectivity index (χ3n) is 17.3. The van der Waals surface area contributed by atoms with Crippen LogP contribution in [0.5, 0.6) is 0 Å². The summed E-state index contributed by atoms with van der Waals surface area (Å²) in [6.07, 6.45) is 59.0. The van der Waals surface area contributed by atoms with E-state index in [-0.39, 0.29) is 42.3 Å². The second-order valence-corrected chi connectivity index (χ2v) is 42.7. The third kappa shape index (κ3) is 46.7. The van der Waals surface area contributed by atoms with Gasteiger partial charge in [-0.3, -0.25) is 9.59 Å². The van der Waals surface area contributed by atoms with Crippen molar-refractivity contribution in [3.8, 4) is 0 Å². The number of hydrogen-bond donors (Lipinski definition) is 0. The maximum absolute atomic E-state index is 10.0. The molecule has 1 aromatic rings. The number of allylic oxidation sites excluding steroid dienone is 4. The Morgan fingerprint density at radius 1 is 0.452 bits per heavy atom. The van der Waals surface area contributed by atoms with Crippen LogP contribution < -0.4 is 0 Å². The Morgan fingerprint density at radius 2 is 0.690 bits per heavy atom. The molecule has 9 rings (SSSR count). The van der Waals surface area contributed by atoms with Gasteiger partial charge in [0.2, 0.25) is 0 Å². The number of halogens is 4. The Balaban J connectivity index is 0. The zero-order valence-electron chi connectivity index (χ0n) is 55.7. The summed E-state index contributed by atoms with van der Waals surface area (Å²) in [5.41, 5.74) is 9.72. The molecule has 0 bridgehead atoms. The molecule has 2 saturated heterocycles. The van der Waals surface area contributed by atoms with Crippen LogP contribution in [-0.4, -0.2) is 80.2 Å². The standard InChI is InChI=1S/2C18H33P.C7H6.C6H12.2C5H8O.2C4H8O.C3H6.2CH3.4ClH.2Ru/c2*1-4-10-16(11-5-1)19(17-12-6-2-7-13-17)18-14-8-3-9-15-18;1-7-5-3-2-4-6-7;1-3-5-6-4-2;2*1-4(2)5(3)6;2*1-2-4-3-5-4;1-3-2;;;;;;;;/h2*16-18H,1-15H2;1-6H;5-6H,3-4H2,1-2H3;2*1H2,2-3H3;2*4H,2-3H2,1H3;1H,3H2,2H3;2*1H3;4*1H;;/q;;;;;;;;;2*-1;;;;;2*+2/p-2/b;;;6-5-;;;;;;;;;;;;;. The van der Waals surface area contributed by atoms with Gasteiger partial charge in [0.05, 0.1) is 59.4 Å². The van der Waals surface area contributed by atoms with Gasteiger partial charge in [0.15, 0.2) is 11.6 Å². The molecule has 496 valence electrons. The van der Waals surface area contributed by atoms with Gasteiger partial charge in [-0.1, -0.05) is 91.5 Å².